The molecule has 1 heterocycles. The number of hydrogen-bond donors (Lipinski definition) is 0. The fourth-order valence-corrected chi connectivity index (χ4v) is 4.83. The SMILES string of the molecule is CC1(C)[C@@H]2C[C@]3(C)OC(=O)CS[C@H]3C[C@@H]21. The molecule has 2 nitrogen and oxygen atoms in total. The molecule has 0 spiro atoms. The highest BCUT2D eigenvalue weighted by Crippen LogP contribution is 2.68. The van der Waals surface area contributed by atoms with Crippen molar-refractivity contribution < 1.29 is 9.53 Å². The van der Waals surface area contributed by atoms with Crippen LogP contribution in [0, 0.1) is 17.3 Å². The van der Waals surface area contributed by atoms with Crippen molar-refractivity contribution in [3.8, 4) is 0 Å². The topological polar surface area (TPSA) is 26.3 Å². The lowest BCUT2D eigenvalue weighted by Gasteiger charge is -2.43. The van der Waals surface area contributed by atoms with Crippen LogP contribution < -0.4 is 0 Å². The van der Waals surface area contributed by atoms with E-state index in [-0.39, 0.29) is 11.6 Å². The second-order valence-corrected chi connectivity index (χ2v) is 7.25. The zero-order valence-corrected chi connectivity index (χ0v) is 10.4. The Hall–Kier alpha value is -0.180. The zero-order valence-electron chi connectivity index (χ0n) is 9.58. The fraction of sp³-hybridized carbons (Fsp3) is 0.917. The zero-order chi connectivity index (χ0) is 10.8. The average molecular weight is 226 g/mol. The van der Waals surface area contributed by atoms with Crippen LogP contribution in [0.5, 0.6) is 0 Å². The Morgan fingerprint density at radius 3 is 2.80 bits per heavy atom. The van der Waals surface area contributed by atoms with Crippen molar-refractivity contribution in [3.05, 3.63) is 0 Å². The van der Waals surface area contributed by atoms with Crippen molar-refractivity contribution in [2.75, 3.05) is 5.75 Å². The molecule has 4 atom stereocenters. The van der Waals surface area contributed by atoms with Crippen LogP contribution in [-0.4, -0.2) is 22.6 Å². The third-order valence-electron chi connectivity index (χ3n) is 4.81. The van der Waals surface area contributed by atoms with E-state index in [2.05, 4.69) is 20.8 Å². The molecule has 0 radical (unpaired) electrons. The van der Waals surface area contributed by atoms with E-state index in [9.17, 15) is 4.79 Å². The Kier molecular flexibility index (Phi) is 1.82. The largest absolute Gasteiger partial charge is 0.458 e. The maximum atomic E-state index is 11.4. The Bertz CT molecular complexity index is 326. The van der Waals surface area contributed by atoms with Crippen LogP contribution in [0.4, 0.5) is 0 Å². The summed E-state index contributed by atoms with van der Waals surface area (Å²) in [7, 11) is 0. The van der Waals surface area contributed by atoms with Crippen molar-refractivity contribution in [2.24, 2.45) is 17.3 Å². The molecule has 2 aliphatic carbocycles. The van der Waals surface area contributed by atoms with Crippen LogP contribution in [-0.2, 0) is 9.53 Å². The molecule has 0 aromatic carbocycles. The van der Waals surface area contributed by atoms with E-state index in [0.29, 0.717) is 16.4 Å². The second kappa shape index (κ2) is 2.73. The predicted octanol–water partition coefficient (Wildman–Crippen LogP) is 2.47. The minimum atomic E-state index is -0.172. The maximum Gasteiger partial charge on any atom is 0.316 e. The Morgan fingerprint density at radius 2 is 2.07 bits per heavy atom. The van der Waals surface area contributed by atoms with Gasteiger partial charge in [-0.15, -0.1) is 11.8 Å². The summed E-state index contributed by atoms with van der Waals surface area (Å²) < 4.78 is 5.61. The normalized spacial score (nSPS) is 51.4. The number of carbonyl (C=O) groups is 1. The van der Waals surface area contributed by atoms with Crippen molar-refractivity contribution in [3.63, 3.8) is 0 Å². The minimum absolute atomic E-state index is 0.0179. The van der Waals surface area contributed by atoms with Gasteiger partial charge in [-0.1, -0.05) is 13.8 Å². The van der Waals surface area contributed by atoms with Gasteiger partial charge < -0.3 is 4.74 Å². The van der Waals surface area contributed by atoms with Crippen molar-refractivity contribution in [1.29, 1.82) is 0 Å². The van der Waals surface area contributed by atoms with E-state index < -0.39 is 0 Å². The standard InChI is InChI=1S/C12H18O2S/c1-11(2)7-4-9-12(3,5-8(7)11)14-10(13)6-15-9/h7-9H,4-6H2,1-3H3/t7-,8+,9-,12-/m0/s1. The molecule has 0 unspecified atom stereocenters. The van der Waals surface area contributed by atoms with Crippen molar-refractivity contribution in [1.82, 2.24) is 0 Å². The molecule has 1 aliphatic heterocycles. The van der Waals surface area contributed by atoms with Crippen molar-refractivity contribution >= 4 is 17.7 Å². The summed E-state index contributed by atoms with van der Waals surface area (Å²) >= 11 is 1.81. The van der Waals surface area contributed by atoms with Crippen LogP contribution in [0.2, 0.25) is 0 Å². The van der Waals surface area contributed by atoms with Gasteiger partial charge in [-0.05, 0) is 37.0 Å². The third-order valence-corrected chi connectivity index (χ3v) is 6.31. The first kappa shape index (κ1) is 10.0. The van der Waals surface area contributed by atoms with Crippen LogP contribution in [0.3, 0.4) is 0 Å². The van der Waals surface area contributed by atoms with Gasteiger partial charge in [0.1, 0.15) is 5.60 Å². The summed E-state index contributed by atoms with van der Waals surface area (Å²) in [6.45, 7) is 6.84. The first-order chi connectivity index (χ1) is 6.93. The van der Waals surface area contributed by atoms with Gasteiger partial charge in [0.25, 0.3) is 0 Å². The van der Waals surface area contributed by atoms with Crippen LogP contribution >= 0.6 is 11.8 Å². The molecule has 0 amide bonds. The molecule has 3 heteroatoms. The fourth-order valence-electron chi connectivity index (χ4n) is 3.59. The van der Waals surface area contributed by atoms with Gasteiger partial charge in [0.15, 0.2) is 0 Å². The predicted molar refractivity (Wildman–Crippen MR) is 60.7 cm³/mol. The molecule has 0 aromatic heterocycles. The molecule has 0 bridgehead atoms. The lowest BCUT2D eigenvalue weighted by atomic mass is 9.85. The maximum absolute atomic E-state index is 11.4. The molecule has 0 aromatic rings. The van der Waals surface area contributed by atoms with Gasteiger partial charge in [0.05, 0.1) is 5.75 Å². The van der Waals surface area contributed by atoms with E-state index in [1.165, 1.54) is 6.42 Å². The molecule has 3 aliphatic rings. The number of hydrogen-bond acceptors (Lipinski definition) is 3. The lowest BCUT2D eigenvalue weighted by Crippen LogP contribution is -2.49. The number of thioether (sulfide) groups is 1. The van der Waals surface area contributed by atoms with E-state index in [0.717, 1.165) is 18.3 Å². The quantitative estimate of drug-likeness (QED) is 0.594. The van der Waals surface area contributed by atoms with Gasteiger partial charge in [-0.25, -0.2) is 0 Å². The Balaban J connectivity index is 1.84. The molecule has 3 rings (SSSR count). The summed E-state index contributed by atoms with van der Waals surface area (Å²) in [5.74, 6) is 2.19. The molecule has 84 valence electrons. The third kappa shape index (κ3) is 1.28. The first-order valence-corrected chi connectivity index (χ1v) is 6.82. The average Bonchev–Trinajstić information content (AvgIpc) is 2.63. The lowest BCUT2D eigenvalue weighted by molar-refractivity contribution is -0.158. The van der Waals surface area contributed by atoms with E-state index in [1.807, 2.05) is 11.8 Å². The molecule has 3 fully saturated rings. The Morgan fingerprint density at radius 1 is 1.33 bits per heavy atom. The second-order valence-electron chi connectivity index (χ2n) is 6.06. The summed E-state index contributed by atoms with van der Waals surface area (Å²) in [5, 5.41) is 0.540. The molecule has 15 heavy (non-hydrogen) atoms. The molecule has 1 saturated heterocycles. The van der Waals surface area contributed by atoms with Crippen molar-refractivity contribution in [2.45, 2.75) is 44.5 Å². The highest BCUT2D eigenvalue weighted by molar-refractivity contribution is 8.00. The highest BCUT2D eigenvalue weighted by Gasteiger charge is 2.65. The van der Waals surface area contributed by atoms with E-state index >= 15 is 0 Å². The van der Waals surface area contributed by atoms with E-state index in [4.69, 9.17) is 4.74 Å². The monoisotopic (exact) mass is 226 g/mol. The van der Waals surface area contributed by atoms with Gasteiger partial charge >= 0.3 is 5.97 Å². The molecular weight excluding hydrogens is 208 g/mol. The smallest absolute Gasteiger partial charge is 0.316 e. The summed E-state index contributed by atoms with van der Waals surface area (Å²) in [6, 6.07) is 0. The summed E-state index contributed by atoms with van der Waals surface area (Å²) in [6.07, 6.45) is 2.32. The number of rotatable bonds is 0. The van der Waals surface area contributed by atoms with Crippen LogP contribution in [0.15, 0.2) is 0 Å². The number of fused-ring (bicyclic) bond motifs is 2. The van der Waals surface area contributed by atoms with Gasteiger partial charge in [0.2, 0.25) is 0 Å². The van der Waals surface area contributed by atoms with Crippen LogP contribution in [0.25, 0.3) is 0 Å². The molecular formula is C12H18O2S. The molecule has 2 saturated carbocycles. The van der Waals surface area contributed by atoms with Gasteiger partial charge in [0, 0.05) is 5.25 Å². The highest BCUT2D eigenvalue weighted by atomic mass is 32.2. The minimum Gasteiger partial charge on any atom is -0.458 e. The number of carbonyl (C=O) groups excluding carboxylic acids is 1. The summed E-state index contributed by atoms with van der Waals surface area (Å²) in [5.41, 5.74) is 0.322. The van der Waals surface area contributed by atoms with Gasteiger partial charge in [-0.3, -0.25) is 4.79 Å². The number of esters is 1. The van der Waals surface area contributed by atoms with Gasteiger partial charge in [-0.2, -0.15) is 0 Å². The Labute approximate surface area is 95.1 Å². The number of ether oxygens (including phenoxy) is 1. The summed E-state index contributed by atoms with van der Waals surface area (Å²) in [4.78, 5) is 11.4. The van der Waals surface area contributed by atoms with Crippen LogP contribution in [0.1, 0.15) is 33.6 Å². The first-order valence-electron chi connectivity index (χ1n) is 5.77. The van der Waals surface area contributed by atoms with E-state index in [1.54, 1.807) is 0 Å². The molecule has 0 N–H and O–H groups in total.